The first-order chi connectivity index (χ1) is 8.73. The van der Waals surface area contributed by atoms with E-state index in [1.165, 1.54) is 0 Å². The predicted molar refractivity (Wildman–Crippen MR) is 79.3 cm³/mol. The minimum atomic E-state index is -2.97. The van der Waals surface area contributed by atoms with Crippen LogP contribution in [0.5, 0.6) is 0 Å². The summed E-state index contributed by atoms with van der Waals surface area (Å²) >= 11 is 0. The van der Waals surface area contributed by atoms with Crippen LogP contribution in [0.2, 0.25) is 0 Å². The van der Waals surface area contributed by atoms with E-state index in [4.69, 9.17) is 38.8 Å². The van der Waals surface area contributed by atoms with Crippen LogP contribution in [-0.2, 0) is 21.6 Å². The fourth-order valence-corrected chi connectivity index (χ4v) is 0.456. The molecule has 0 aliphatic carbocycles. The molecule has 2 aromatic heterocycles. The van der Waals surface area contributed by atoms with Crippen molar-refractivity contribution in [3.63, 3.8) is 0 Å². The van der Waals surface area contributed by atoms with Gasteiger partial charge in [-0.25, -0.2) is 4.98 Å². The molecule has 0 radical (unpaired) electrons. The molecule has 0 aliphatic heterocycles. The zero-order chi connectivity index (χ0) is 15.1. The predicted octanol–water partition coefficient (Wildman–Crippen LogP) is 2.99. The molecule has 11 heteroatoms. The summed E-state index contributed by atoms with van der Waals surface area (Å²) < 4.78 is 9.56. The molecule has 0 aromatic carbocycles. The van der Waals surface area contributed by atoms with E-state index < -0.39 is 21.6 Å². The topological polar surface area (TPSA) is 75.7 Å². The monoisotopic (exact) mass is 457 g/mol. The van der Waals surface area contributed by atoms with Crippen molar-refractivity contribution in [2.24, 2.45) is 0 Å². The Kier molecular flexibility index (Phi) is 16.8. The van der Waals surface area contributed by atoms with E-state index in [2.05, 4.69) is 19.9 Å². The molecular formula is C8H15Cl4N4ORuS+. The van der Waals surface area contributed by atoms with Gasteiger partial charge in [-0.3, -0.25) is 14.2 Å². The molecule has 114 valence electrons. The second-order valence-corrected chi connectivity index (χ2v) is 19.9. The molecule has 3 N–H and O–H groups in total. The summed E-state index contributed by atoms with van der Waals surface area (Å²) in [6, 6.07) is 0. The Morgan fingerprint density at radius 2 is 1.68 bits per heavy atom. The molecule has 0 spiro atoms. The van der Waals surface area contributed by atoms with E-state index in [1.807, 2.05) is 12.4 Å². The summed E-state index contributed by atoms with van der Waals surface area (Å²) in [6.45, 7) is 0. The quantitative estimate of drug-likeness (QED) is 0.596. The van der Waals surface area contributed by atoms with Crippen LogP contribution in [0, 0.1) is 0 Å². The van der Waals surface area contributed by atoms with Gasteiger partial charge in [0.2, 0.25) is 6.33 Å². The molecule has 0 unspecified atom stereocenters. The van der Waals surface area contributed by atoms with Gasteiger partial charge in [0.25, 0.3) is 0 Å². The first kappa shape index (κ1) is 21.6. The molecule has 5 nitrogen and oxygen atoms in total. The fourth-order valence-electron chi connectivity index (χ4n) is 0.456. The van der Waals surface area contributed by atoms with Gasteiger partial charge in [-0.05, 0) is 0 Å². The Bertz CT molecular complexity index is 311. The van der Waals surface area contributed by atoms with Gasteiger partial charge in [0.15, 0.2) is 0 Å². The van der Waals surface area contributed by atoms with Crippen molar-refractivity contribution in [2.45, 2.75) is 0 Å². The normalized spacial score (nSPS) is 10.1. The first-order valence-electron chi connectivity index (χ1n) is 4.43. The van der Waals surface area contributed by atoms with Crippen molar-refractivity contribution in [2.75, 3.05) is 12.5 Å². The number of aromatic amines is 3. The smallest absolute Gasteiger partial charge is 0.239 e. The standard InChI is InChI=1S/2C3H4N2.C2H6OS.4ClH.Ru/c2*1-2-5-3-4-1;1-4(2)3;;;;;/h2*1-3H,(H,4,5);1-2H3;4*1H;/q;;;;;;;+4/p-3. The third kappa shape index (κ3) is 45.8. The Hall–Kier alpha value is 0.353. The van der Waals surface area contributed by atoms with E-state index in [1.54, 1.807) is 37.6 Å². The van der Waals surface area contributed by atoms with Crippen molar-refractivity contribution in [3.8, 4) is 0 Å². The van der Waals surface area contributed by atoms with Crippen LogP contribution >= 0.6 is 38.8 Å². The van der Waals surface area contributed by atoms with Gasteiger partial charge in [-0.1, -0.05) is 0 Å². The molecule has 0 bridgehead atoms. The maximum atomic E-state index is 9.56. The summed E-state index contributed by atoms with van der Waals surface area (Å²) in [5.74, 6) is 0. The second-order valence-electron chi connectivity index (χ2n) is 2.62. The number of halogens is 4. The first-order valence-corrected chi connectivity index (χ1v) is 15.4. The molecule has 0 amide bonds. The van der Waals surface area contributed by atoms with Gasteiger partial charge in [0.05, 0.1) is 6.33 Å². The summed E-state index contributed by atoms with van der Waals surface area (Å²) in [5.41, 5.74) is 0. The zero-order valence-corrected chi connectivity index (χ0v) is 15.7. The maximum Gasteiger partial charge on any atom is 0.239 e. The Morgan fingerprint density at radius 1 is 1.16 bits per heavy atom. The second kappa shape index (κ2) is 14.8. The van der Waals surface area contributed by atoms with Crippen molar-refractivity contribution >= 4 is 49.6 Å². The number of hydrogen-bond donors (Lipinski definition) is 2. The van der Waals surface area contributed by atoms with Crippen LogP contribution in [0.1, 0.15) is 0 Å². The van der Waals surface area contributed by atoms with Crippen molar-refractivity contribution in [1.82, 2.24) is 15.0 Å². The largest absolute Gasteiger partial charge is 0.351 e. The number of hydrogen-bond acceptors (Lipinski definition) is 2. The van der Waals surface area contributed by atoms with Crippen LogP contribution < -0.4 is 4.98 Å². The van der Waals surface area contributed by atoms with Gasteiger partial charge in [-0.15, -0.1) is 0 Å². The number of H-pyrrole nitrogens is 3. The van der Waals surface area contributed by atoms with Gasteiger partial charge in [0, 0.05) is 35.7 Å². The van der Waals surface area contributed by atoms with Crippen LogP contribution in [-0.4, -0.2) is 31.7 Å². The van der Waals surface area contributed by atoms with Gasteiger partial charge < -0.3 is 4.98 Å². The van der Waals surface area contributed by atoms with Gasteiger partial charge in [0.1, 0.15) is 12.4 Å². The number of imidazole rings is 2. The molecule has 19 heavy (non-hydrogen) atoms. The fraction of sp³-hybridized carbons (Fsp3) is 0.250. The summed E-state index contributed by atoms with van der Waals surface area (Å²) in [6.07, 6.45) is 13.8. The molecule has 0 aliphatic rings. The van der Waals surface area contributed by atoms with Gasteiger partial charge in [-0.2, -0.15) is 0 Å². The third-order valence-electron chi connectivity index (χ3n) is 0.848. The van der Waals surface area contributed by atoms with Crippen molar-refractivity contribution < 1.29 is 20.0 Å². The molecule has 0 saturated heterocycles. The number of rotatable bonds is 0. The van der Waals surface area contributed by atoms with Crippen LogP contribution in [0.4, 0.5) is 0 Å². The number of nitrogens with one attached hydrogen (secondary N) is 3. The molecule has 0 saturated carbocycles. The molecular weight excluding hydrogens is 443 g/mol. The maximum absolute atomic E-state index is 9.56. The zero-order valence-electron chi connectivity index (χ0n) is 10.1. The Balaban J connectivity index is 0. The minimum absolute atomic E-state index is 0.611. The van der Waals surface area contributed by atoms with E-state index in [0.717, 1.165) is 0 Å². The van der Waals surface area contributed by atoms with Crippen molar-refractivity contribution in [3.05, 3.63) is 37.4 Å². The number of nitrogens with zero attached hydrogens (tertiary/aromatic N) is 1. The van der Waals surface area contributed by atoms with Gasteiger partial charge >= 0.3 is 49.6 Å². The van der Waals surface area contributed by atoms with Crippen LogP contribution in [0.25, 0.3) is 0 Å². The Morgan fingerprint density at radius 3 is 1.79 bits per heavy atom. The molecule has 2 heterocycles. The molecule has 0 fully saturated rings. The SMILES string of the molecule is CS(C)=O.[Cl][Ru]([Cl])([Cl])[Cl].c1c[nH+]c[nH]1.c1c[nH]cn1. The van der Waals surface area contributed by atoms with E-state index in [0.29, 0.717) is 0 Å². The molecule has 2 aromatic rings. The summed E-state index contributed by atoms with van der Waals surface area (Å²) in [7, 11) is 16.4. The van der Waals surface area contributed by atoms with E-state index >= 15 is 0 Å². The van der Waals surface area contributed by atoms with E-state index in [-0.39, 0.29) is 0 Å². The van der Waals surface area contributed by atoms with Crippen LogP contribution in [0.3, 0.4) is 0 Å². The number of aromatic nitrogens is 4. The molecule has 2 rings (SSSR count). The van der Waals surface area contributed by atoms with Crippen molar-refractivity contribution in [1.29, 1.82) is 0 Å². The average molecular weight is 458 g/mol. The summed E-state index contributed by atoms with van der Waals surface area (Å²) in [5, 5.41) is 0. The van der Waals surface area contributed by atoms with E-state index in [9.17, 15) is 4.21 Å². The average Bonchev–Trinajstić information content (AvgIpc) is 2.94. The third-order valence-corrected chi connectivity index (χ3v) is 0.848. The minimum Gasteiger partial charge on any atom is -0.351 e. The summed E-state index contributed by atoms with van der Waals surface area (Å²) in [4.78, 5) is 12.0. The Labute approximate surface area is 133 Å². The van der Waals surface area contributed by atoms with Crippen LogP contribution in [0.15, 0.2) is 37.4 Å². The molecule has 0 atom stereocenters.